The van der Waals surface area contributed by atoms with Crippen LogP contribution in [-0.4, -0.2) is 26.2 Å². The number of nitrogens with zero attached hydrogens (tertiary/aromatic N) is 4. The van der Waals surface area contributed by atoms with E-state index in [1.807, 2.05) is 0 Å². The van der Waals surface area contributed by atoms with E-state index in [1.165, 1.54) is 11.0 Å². The Labute approximate surface area is 147 Å². The van der Waals surface area contributed by atoms with Gasteiger partial charge in [-0.05, 0) is 52.4 Å². The zero-order valence-corrected chi connectivity index (χ0v) is 13.8. The standard InChI is InChI=1S/C15H12Cl2N6O/c16-11-2-1-10(14(17)7-11)8-18-15(24)20-12-3-5-13(6-4-12)23-9-19-21-22-23/h1-7,9H,8H2,(H2,18,20,24). The smallest absolute Gasteiger partial charge is 0.319 e. The van der Waals surface area contributed by atoms with E-state index in [9.17, 15) is 4.79 Å². The highest BCUT2D eigenvalue weighted by Gasteiger charge is 2.05. The Balaban J connectivity index is 1.56. The number of rotatable bonds is 4. The summed E-state index contributed by atoms with van der Waals surface area (Å²) in [6.07, 6.45) is 1.49. The highest BCUT2D eigenvalue weighted by atomic mass is 35.5. The Kier molecular flexibility index (Phi) is 4.93. The number of anilines is 1. The molecule has 122 valence electrons. The number of nitrogens with one attached hydrogen (secondary N) is 2. The molecule has 0 unspecified atom stereocenters. The summed E-state index contributed by atoms with van der Waals surface area (Å²) in [4.78, 5) is 11.9. The number of amides is 2. The number of tetrazole rings is 1. The summed E-state index contributed by atoms with van der Waals surface area (Å²) in [7, 11) is 0. The lowest BCUT2D eigenvalue weighted by Crippen LogP contribution is -2.28. The van der Waals surface area contributed by atoms with Gasteiger partial charge in [-0.25, -0.2) is 9.48 Å². The maximum absolute atomic E-state index is 11.9. The summed E-state index contributed by atoms with van der Waals surface area (Å²) in [5.74, 6) is 0. The second kappa shape index (κ2) is 7.29. The van der Waals surface area contributed by atoms with Crippen LogP contribution in [0.25, 0.3) is 5.69 Å². The fraction of sp³-hybridized carbons (Fsp3) is 0.0667. The molecule has 0 aliphatic rings. The normalized spacial score (nSPS) is 10.4. The largest absolute Gasteiger partial charge is 0.334 e. The number of carbonyl (C=O) groups is 1. The fourth-order valence-corrected chi connectivity index (χ4v) is 2.47. The topological polar surface area (TPSA) is 84.7 Å². The van der Waals surface area contributed by atoms with E-state index in [0.29, 0.717) is 22.3 Å². The summed E-state index contributed by atoms with van der Waals surface area (Å²) < 4.78 is 1.52. The minimum atomic E-state index is -0.337. The number of halogens is 2. The summed E-state index contributed by atoms with van der Waals surface area (Å²) in [6, 6.07) is 11.9. The summed E-state index contributed by atoms with van der Waals surface area (Å²) in [5, 5.41) is 17.5. The monoisotopic (exact) mass is 362 g/mol. The van der Waals surface area contributed by atoms with E-state index in [0.717, 1.165) is 11.3 Å². The van der Waals surface area contributed by atoms with Crippen LogP contribution in [0.1, 0.15) is 5.56 Å². The maximum atomic E-state index is 11.9. The molecule has 0 spiro atoms. The van der Waals surface area contributed by atoms with E-state index >= 15 is 0 Å². The number of carbonyl (C=O) groups excluding carboxylic acids is 1. The lowest BCUT2D eigenvalue weighted by atomic mass is 10.2. The number of aromatic nitrogens is 4. The van der Waals surface area contributed by atoms with Crippen molar-refractivity contribution in [1.82, 2.24) is 25.5 Å². The molecule has 0 fully saturated rings. The van der Waals surface area contributed by atoms with E-state index in [4.69, 9.17) is 23.2 Å². The van der Waals surface area contributed by atoms with Crippen molar-refractivity contribution >= 4 is 34.9 Å². The van der Waals surface area contributed by atoms with Gasteiger partial charge >= 0.3 is 6.03 Å². The Hall–Kier alpha value is -2.64. The minimum absolute atomic E-state index is 0.296. The fourth-order valence-electron chi connectivity index (χ4n) is 1.99. The van der Waals surface area contributed by atoms with Gasteiger partial charge < -0.3 is 10.6 Å². The highest BCUT2D eigenvalue weighted by Crippen LogP contribution is 2.20. The highest BCUT2D eigenvalue weighted by molar-refractivity contribution is 6.35. The lowest BCUT2D eigenvalue weighted by Gasteiger charge is -2.09. The molecule has 0 saturated carbocycles. The van der Waals surface area contributed by atoms with Crippen molar-refractivity contribution in [3.8, 4) is 5.69 Å². The van der Waals surface area contributed by atoms with Crippen LogP contribution in [0.15, 0.2) is 48.8 Å². The third-order valence-corrected chi connectivity index (χ3v) is 3.78. The molecule has 0 bridgehead atoms. The van der Waals surface area contributed by atoms with Crippen LogP contribution < -0.4 is 10.6 Å². The Morgan fingerprint density at radius 2 is 1.92 bits per heavy atom. The molecule has 0 saturated heterocycles. The third-order valence-electron chi connectivity index (χ3n) is 3.19. The first-order chi connectivity index (χ1) is 11.6. The molecule has 7 nitrogen and oxygen atoms in total. The molecule has 2 aromatic carbocycles. The van der Waals surface area contributed by atoms with Crippen LogP contribution in [0.5, 0.6) is 0 Å². The predicted molar refractivity (Wildman–Crippen MR) is 91.5 cm³/mol. The molecule has 9 heteroatoms. The third kappa shape index (κ3) is 4.01. The van der Waals surface area contributed by atoms with Gasteiger partial charge in [0.2, 0.25) is 0 Å². The molecule has 1 aromatic heterocycles. The van der Waals surface area contributed by atoms with Gasteiger partial charge in [-0.3, -0.25) is 0 Å². The Morgan fingerprint density at radius 1 is 1.12 bits per heavy atom. The summed E-state index contributed by atoms with van der Waals surface area (Å²) >= 11 is 11.9. The molecule has 0 atom stereocenters. The molecule has 24 heavy (non-hydrogen) atoms. The molecule has 0 radical (unpaired) electrons. The first-order valence-electron chi connectivity index (χ1n) is 6.94. The van der Waals surface area contributed by atoms with E-state index in [2.05, 4.69) is 26.2 Å². The molecule has 3 aromatic rings. The van der Waals surface area contributed by atoms with Gasteiger partial charge in [0.25, 0.3) is 0 Å². The van der Waals surface area contributed by atoms with Crippen LogP contribution in [0, 0.1) is 0 Å². The van der Waals surface area contributed by atoms with Crippen molar-refractivity contribution in [2.75, 3.05) is 5.32 Å². The minimum Gasteiger partial charge on any atom is -0.334 e. The average Bonchev–Trinajstić information content (AvgIpc) is 3.09. The summed E-state index contributed by atoms with van der Waals surface area (Å²) in [6.45, 7) is 0.296. The van der Waals surface area contributed by atoms with Crippen molar-refractivity contribution in [2.45, 2.75) is 6.54 Å². The van der Waals surface area contributed by atoms with Crippen molar-refractivity contribution in [3.05, 3.63) is 64.4 Å². The van der Waals surface area contributed by atoms with E-state index < -0.39 is 0 Å². The van der Waals surface area contributed by atoms with Gasteiger partial charge in [-0.15, -0.1) is 5.10 Å². The second-order valence-corrected chi connectivity index (χ2v) is 5.69. The maximum Gasteiger partial charge on any atom is 0.319 e. The lowest BCUT2D eigenvalue weighted by molar-refractivity contribution is 0.251. The Morgan fingerprint density at radius 3 is 2.58 bits per heavy atom. The van der Waals surface area contributed by atoms with Gasteiger partial charge in [0.05, 0.1) is 5.69 Å². The summed E-state index contributed by atoms with van der Waals surface area (Å²) in [5.41, 5.74) is 2.22. The molecule has 0 aliphatic heterocycles. The predicted octanol–water partition coefficient (Wildman–Crippen LogP) is 3.29. The van der Waals surface area contributed by atoms with Gasteiger partial charge in [0, 0.05) is 22.3 Å². The molecule has 0 aliphatic carbocycles. The van der Waals surface area contributed by atoms with Gasteiger partial charge in [0.15, 0.2) is 0 Å². The molecule has 2 N–H and O–H groups in total. The molecule has 2 amide bonds. The van der Waals surface area contributed by atoms with Crippen molar-refractivity contribution < 1.29 is 4.79 Å². The van der Waals surface area contributed by atoms with Crippen molar-refractivity contribution in [1.29, 1.82) is 0 Å². The second-order valence-electron chi connectivity index (χ2n) is 4.84. The number of hydrogen-bond acceptors (Lipinski definition) is 4. The van der Waals surface area contributed by atoms with Gasteiger partial charge in [-0.1, -0.05) is 29.3 Å². The van der Waals surface area contributed by atoms with E-state index in [1.54, 1.807) is 42.5 Å². The zero-order chi connectivity index (χ0) is 16.9. The first-order valence-corrected chi connectivity index (χ1v) is 7.69. The van der Waals surface area contributed by atoms with E-state index in [-0.39, 0.29) is 6.03 Å². The molecule has 3 rings (SSSR count). The zero-order valence-electron chi connectivity index (χ0n) is 12.3. The quantitative estimate of drug-likeness (QED) is 0.745. The van der Waals surface area contributed by atoms with Crippen molar-refractivity contribution in [3.63, 3.8) is 0 Å². The molecule has 1 heterocycles. The van der Waals surface area contributed by atoms with Crippen LogP contribution in [0.2, 0.25) is 10.0 Å². The molecular formula is C15H12Cl2N6O. The molecular weight excluding hydrogens is 351 g/mol. The van der Waals surface area contributed by atoms with Crippen molar-refractivity contribution in [2.24, 2.45) is 0 Å². The van der Waals surface area contributed by atoms with Crippen LogP contribution >= 0.6 is 23.2 Å². The van der Waals surface area contributed by atoms with Crippen LogP contribution in [0.3, 0.4) is 0 Å². The van der Waals surface area contributed by atoms with Crippen LogP contribution in [-0.2, 0) is 6.54 Å². The van der Waals surface area contributed by atoms with Gasteiger partial charge in [0.1, 0.15) is 6.33 Å². The SMILES string of the molecule is O=C(NCc1ccc(Cl)cc1Cl)Nc1ccc(-n2cnnn2)cc1. The number of benzene rings is 2. The Bertz CT molecular complexity index is 836. The van der Waals surface area contributed by atoms with Gasteiger partial charge in [-0.2, -0.15) is 0 Å². The average molecular weight is 363 g/mol. The van der Waals surface area contributed by atoms with Crippen LogP contribution in [0.4, 0.5) is 10.5 Å². The first kappa shape index (κ1) is 16.2. The number of urea groups is 1. The number of hydrogen-bond donors (Lipinski definition) is 2.